The summed E-state index contributed by atoms with van der Waals surface area (Å²) in [5, 5.41) is 0. The molecule has 1 aromatic rings. The van der Waals surface area contributed by atoms with Crippen LogP contribution in [0.1, 0.15) is 10.4 Å². The summed E-state index contributed by atoms with van der Waals surface area (Å²) in [5.74, 6) is -0.821. The molecule has 0 atom stereocenters. The van der Waals surface area contributed by atoms with Crippen molar-refractivity contribution >= 4 is 17.7 Å². The number of hydrogen-bond acceptors (Lipinski definition) is 2. The first kappa shape index (κ1) is 10.4. The molecule has 5 heteroatoms. The van der Waals surface area contributed by atoms with Gasteiger partial charge in [0.1, 0.15) is 17.2 Å². The van der Waals surface area contributed by atoms with Gasteiger partial charge in [-0.15, -0.1) is 11.8 Å². The van der Waals surface area contributed by atoms with E-state index in [4.69, 9.17) is 0 Å². The largest absolute Gasteiger partial charge is 0.328 e. The Hall–Kier alpha value is -1.10. The van der Waals surface area contributed by atoms with E-state index in [0.29, 0.717) is 12.4 Å². The van der Waals surface area contributed by atoms with Crippen molar-refractivity contribution in [1.82, 2.24) is 4.90 Å². The van der Waals surface area contributed by atoms with Crippen LogP contribution in [0.3, 0.4) is 0 Å². The van der Waals surface area contributed by atoms with Crippen LogP contribution < -0.4 is 0 Å². The summed E-state index contributed by atoms with van der Waals surface area (Å²) in [5.41, 5.74) is -0.444. The zero-order valence-electron chi connectivity index (χ0n) is 7.87. The van der Waals surface area contributed by atoms with Crippen molar-refractivity contribution in [3.8, 4) is 0 Å². The molecular weight excluding hydrogens is 220 g/mol. The van der Waals surface area contributed by atoms with Crippen molar-refractivity contribution in [1.29, 1.82) is 0 Å². The van der Waals surface area contributed by atoms with Crippen LogP contribution in [0.4, 0.5) is 8.78 Å². The van der Waals surface area contributed by atoms with Gasteiger partial charge < -0.3 is 4.90 Å². The highest BCUT2D eigenvalue weighted by molar-refractivity contribution is 7.99. The van der Waals surface area contributed by atoms with Crippen molar-refractivity contribution < 1.29 is 13.6 Å². The lowest BCUT2D eigenvalue weighted by molar-refractivity contribution is 0.0793. The van der Waals surface area contributed by atoms with Crippen LogP contribution in [-0.4, -0.2) is 29.0 Å². The molecule has 15 heavy (non-hydrogen) atoms. The highest BCUT2D eigenvalue weighted by Gasteiger charge is 2.25. The predicted molar refractivity (Wildman–Crippen MR) is 54.7 cm³/mol. The summed E-state index contributed by atoms with van der Waals surface area (Å²) in [6, 6.07) is 3.44. The Morgan fingerprint density at radius 2 is 2.00 bits per heavy atom. The Kier molecular flexibility index (Phi) is 2.90. The van der Waals surface area contributed by atoms with Crippen molar-refractivity contribution in [2.24, 2.45) is 0 Å². The molecule has 1 amide bonds. The number of carbonyl (C=O) groups is 1. The lowest BCUT2D eigenvalue weighted by Gasteiger charge is -2.14. The van der Waals surface area contributed by atoms with Crippen LogP contribution in [0, 0.1) is 11.6 Å². The smallest absolute Gasteiger partial charge is 0.260 e. The second-order valence-corrected chi connectivity index (χ2v) is 4.28. The molecule has 1 saturated heterocycles. The first-order valence-electron chi connectivity index (χ1n) is 4.51. The molecule has 80 valence electrons. The monoisotopic (exact) mass is 229 g/mol. The molecule has 1 aliphatic rings. The van der Waals surface area contributed by atoms with Crippen molar-refractivity contribution in [3.05, 3.63) is 35.4 Å². The number of hydrogen-bond donors (Lipinski definition) is 0. The van der Waals surface area contributed by atoms with Gasteiger partial charge in [-0.1, -0.05) is 6.07 Å². The van der Waals surface area contributed by atoms with Gasteiger partial charge in [0.25, 0.3) is 5.91 Å². The number of thioether (sulfide) groups is 1. The van der Waals surface area contributed by atoms with Crippen LogP contribution in [0.5, 0.6) is 0 Å². The number of rotatable bonds is 1. The molecule has 1 aromatic carbocycles. The maximum atomic E-state index is 13.3. The molecule has 0 bridgehead atoms. The van der Waals surface area contributed by atoms with E-state index >= 15 is 0 Å². The first-order chi connectivity index (χ1) is 7.20. The summed E-state index contributed by atoms with van der Waals surface area (Å²) in [6.07, 6.45) is 0. The van der Waals surface area contributed by atoms with Crippen molar-refractivity contribution in [2.75, 3.05) is 18.2 Å². The van der Waals surface area contributed by atoms with Gasteiger partial charge in [0, 0.05) is 12.3 Å². The highest BCUT2D eigenvalue weighted by atomic mass is 32.2. The van der Waals surface area contributed by atoms with E-state index in [1.165, 1.54) is 11.0 Å². The summed E-state index contributed by atoms with van der Waals surface area (Å²) in [7, 11) is 0. The number of amides is 1. The van der Waals surface area contributed by atoms with Gasteiger partial charge in [0.15, 0.2) is 0 Å². The Bertz CT molecular complexity index is 371. The Labute approximate surface area is 90.3 Å². The predicted octanol–water partition coefficient (Wildman–Crippen LogP) is 2.11. The molecule has 0 N–H and O–H groups in total. The molecule has 0 unspecified atom stereocenters. The van der Waals surface area contributed by atoms with E-state index in [-0.39, 0.29) is 0 Å². The molecule has 0 saturated carbocycles. The summed E-state index contributed by atoms with van der Waals surface area (Å²) < 4.78 is 26.5. The fourth-order valence-electron chi connectivity index (χ4n) is 1.43. The quantitative estimate of drug-likeness (QED) is 0.735. The molecule has 1 fully saturated rings. The van der Waals surface area contributed by atoms with Gasteiger partial charge in [-0.2, -0.15) is 0 Å². The average molecular weight is 229 g/mol. The molecule has 0 radical (unpaired) electrons. The Balaban J connectivity index is 2.32. The van der Waals surface area contributed by atoms with Crippen LogP contribution >= 0.6 is 11.8 Å². The number of halogens is 2. The van der Waals surface area contributed by atoms with E-state index in [9.17, 15) is 13.6 Å². The van der Waals surface area contributed by atoms with E-state index in [0.717, 1.165) is 17.9 Å². The zero-order valence-corrected chi connectivity index (χ0v) is 8.69. The van der Waals surface area contributed by atoms with Gasteiger partial charge in [-0.3, -0.25) is 4.79 Å². The van der Waals surface area contributed by atoms with Gasteiger partial charge in [-0.05, 0) is 12.1 Å². The van der Waals surface area contributed by atoms with Crippen molar-refractivity contribution in [2.45, 2.75) is 0 Å². The van der Waals surface area contributed by atoms with Gasteiger partial charge >= 0.3 is 0 Å². The van der Waals surface area contributed by atoms with E-state index in [1.54, 1.807) is 11.8 Å². The highest BCUT2D eigenvalue weighted by Crippen LogP contribution is 2.20. The maximum Gasteiger partial charge on any atom is 0.260 e. The number of benzene rings is 1. The fraction of sp³-hybridized carbons (Fsp3) is 0.300. The molecule has 1 heterocycles. The average Bonchev–Trinajstić information content (AvgIpc) is 2.69. The van der Waals surface area contributed by atoms with Crippen molar-refractivity contribution in [3.63, 3.8) is 0 Å². The second kappa shape index (κ2) is 4.18. The third kappa shape index (κ3) is 1.97. The summed E-state index contributed by atoms with van der Waals surface area (Å²) in [6.45, 7) is 0.553. The zero-order chi connectivity index (χ0) is 10.8. The molecule has 2 rings (SSSR count). The first-order valence-corrected chi connectivity index (χ1v) is 5.66. The minimum atomic E-state index is -0.795. The van der Waals surface area contributed by atoms with Crippen LogP contribution in [-0.2, 0) is 0 Å². The lowest BCUT2D eigenvalue weighted by atomic mass is 10.1. The summed E-state index contributed by atoms with van der Waals surface area (Å²) >= 11 is 1.58. The third-order valence-electron chi connectivity index (χ3n) is 2.22. The van der Waals surface area contributed by atoms with Gasteiger partial charge in [0.05, 0.1) is 5.88 Å². The van der Waals surface area contributed by atoms with Crippen LogP contribution in [0.15, 0.2) is 18.2 Å². The SMILES string of the molecule is O=C(c1c(F)cccc1F)N1CCSC1. The fourth-order valence-corrected chi connectivity index (χ4v) is 2.38. The molecule has 2 nitrogen and oxygen atoms in total. The second-order valence-electron chi connectivity index (χ2n) is 3.20. The molecule has 0 spiro atoms. The number of nitrogens with zero attached hydrogens (tertiary/aromatic N) is 1. The van der Waals surface area contributed by atoms with E-state index in [1.807, 2.05) is 0 Å². The molecule has 0 aromatic heterocycles. The van der Waals surface area contributed by atoms with Crippen LogP contribution in [0.25, 0.3) is 0 Å². The van der Waals surface area contributed by atoms with Gasteiger partial charge in [-0.25, -0.2) is 8.78 Å². The molecular formula is C10H9F2NOS. The van der Waals surface area contributed by atoms with Gasteiger partial charge in [0.2, 0.25) is 0 Å². The summed E-state index contributed by atoms with van der Waals surface area (Å²) in [4.78, 5) is 13.2. The van der Waals surface area contributed by atoms with E-state index in [2.05, 4.69) is 0 Å². The standard InChI is InChI=1S/C10H9F2NOS/c11-7-2-1-3-8(12)9(7)10(14)13-4-5-15-6-13/h1-3H,4-6H2. The Morgan fingerprint density at radius 3 is 2.53 bits per heavy atom. The Morgan fingerprint density at radius 1 is 1.33 bits per heavy atom. The minimum absolute atomic E-state index is 0.444. The molecule has 1 aliphatic heterocycles. The lowest BCUT2D eigenvalue weighted by Crippen LogP contribution is -2.29. The third-order valence-corrected chi connectivity index (χ3v) is 3.18. The number of carbonyl (C=O) groups excluding carboxylic acids is 1. The van der Waals surface area contributed by atoms with Crippen LogP contribution in [0.2, 0.25) is 0 Å². The topological polar surface area (TPSA) is 20.3 Å². The minimum Gasteiger partial charge on any atom is -0.328 e. The molecule has 0 aliphatic carbocycles. The van der Waals surface area contributed by atoms with E-state index < -0.39 is 23.1 Å². The maximum absolute atomic E-state index is 13.3. The normalized spacial score (nSPS) is 15.7.